The molecule has 0 saturated carbocycles. The fourth-order valence-corrected chi connectivity index (χ4v) is 3.48. The van der Waals surface area contributed by atoms with Gasteiger partial charge < -0.3 is 10.5 Å². The number of imidazole rings is 1. The maximum atomic E-state index is 9.69. The van der Waals surface area contributed by atoms with E-state index in [4.69, 9.17) is 10.5 Å². The van der Waals surface area contributed by atoms with Crippen molar-refractivity contribution in [3.05, 3.63) is 83.8 Å². The van der Waals surface area contributed by atoms with Crippen LogP contribution in [0.2, 0.25) is 0 Å². The molecule has 6 nitrogen and oxygen atoms in total. The SMILES string of the molecule is N#CC1=C(N)Oc2c(ccc3ccccc23)C1c1cn2cccnc2n1. The van der Waals surface area contributed by atoms with Crippen molar-refractivity contribution in [1.29, 1.82) is 5.26 Å². The number of ether oxygens (including phenoxy) is 1. The molecule has 1 aliphatic heterocycles. The third-order valence-corrected chi connectivity index (χ3v) is 4.66. The van der Waals surface area contributed by atoms with Gasteiger partial charge in [0.15, 0.2) is 0 Å². The first-order valence-corrected chi connectivity index (χ1v) is 8.15. The van der Waals surface area contributed by atoms with Gasteiger partial charge in [-0.15, -0.1) is 0 Å². The Labute approximate surface area is 148 Å². The summed E-state index contributed by atoms with van der Waals surface area (Å²) in [4.78, 5) is 8.87. The minimum absolute atomic E-state index is 0.117. The van der Waals surface area contributed by atoms with Crippen molar-refractivity contribution in [2.45, 2.75) is 5.92 Å². The molecule has 0 amide bonds. The number of hydrogen-bond acceptors (Lipinski definition) is 5. The molecule has 1 aliphatic rings. The summed E-state index contributed by atoms with van der Waals surface area (Å²) in [5.74, 6) is 0.975. The lowest BCUT2D eigenvalue weighted by molar-refractivity contribution is 0.398. The molecule has 1 unspecified atom stereocenters. The molecule has 0 fully saturated rings. The molecular weight excluding hydrogens is 326 g/mol. The zero-order chi connectivity index (χ0) is 17.7. The van der Waals surface area contributed by atoms with E-state index in [9.17, 15) is 5.26 Å². The van der Waals surface area contributed by atoms with Crippen LogP contribution in [0.4, 0.5) is 0 Å². The number of benzene rings is 2. The maximum absolute atomic E-state index is 9.69. The van der Waals surface area contributed by atoms with Gasteiger partial charge in [-0.2, -0.15) is 5.26 Å². The predicted molar refractivity (Wildman–Crippen MR) is 96.2 cm³/mol. The van der Waals surface area contributed by atoms with Gasteiger partial charge in [-0.05, 0) is 11.5 Å². The molecule has 0 radical (unpaired) electrons. The molecule has 2 aromatic carbocycles. The molecule has 4 aromatic rings. The molecule has 3 heterocycles. The molecule has 1 atom stereocenters. The van der Waals surface area contributed by atoms with Gasteiger partial charge in [-0.3, -0.25) is 4.40 Å². The van der Waals surface area contributed by atoms with Crippen molar-refractivity contribution in [3.8, 4) is 11.8 Å². The maximum Gasteiger partial charge on any atom is 0.233 e. The first kappa shape index (κ1) is 14.5. The van der Waals surface area contributed by atoms with E-state index in [1.165, 1.54) is 0 Å². The molecule has 2 N–H and O–H groups in total. The number of rotatable bonds is 1. The second-order valence-corrected chi connectivity index (χ2v) is 6.12. The first-order valence-electron chi connectivity index (χ1n) is 8.15. The molecule has 0 spiro atoms. The average Bonchev–Trinajstić information content (AvgIpc) is 3.10. The highest BCUT2D eigenvalue weighted by Crippen LogP contribution is 2.44. The summed E-state index contributed by atoms with van der Waals surface area (Å²) in [6.45, 7) is 0. The minimum atomic E-state index is -0.393. The third kappa shape index (κ3) is 1.98. The van der Waals surface area contributed by atoms with Gasteiger partial charge in [0.2, 0.25) is 11.7 Å². The van der Waals surface area contributed by atoms with Gasteiger partial charge in [0.1, 0.15) is 17.4 Å². The monoisotopic (exact) mass is 339 g/mol. The summed E-state index contributed by atoms with van der Waals surface area (Å²) in [5, 5.41) is 11.7. The van der Waals surface area contributed by atoms with Crippen LogP contribution >= 0.6 is 0 Å². The quantitative estimate of drug-likeness (QED) is 0.575. The van der Waals surface area contributed by atoms with E-state index in [2.05, 4.69) is 16.0 Å². The van der Waals surface area contributed by atoms with E-state index in [1.807, 2.05) is 59.3 Å². The number of aromatic nitrogens is 3. The Morgan fingerprint density at radius 2 is 2.04 bits per heavy atom. The van der Waals surface area contributed by atoms with Crippen molar-refractivity contribution >= 4 is 16.6 Å². The Hall–Kier alpha value is -3.85. The zero-order valence-electron chi connectivity index (χ0n) is 13.6. The third-order valence-electron chi connectivity index (χ3n) is 4.66. The molecule has 0 saturated heterocycles. The molecule has 124 valence electrons. The van der Waals surface area contributed by atoms with Crippen LogP contribution in [0, 0.1) is 11.3 Å². The standard InChI is InChI=1S/C20H13N5O/c21-10-15-17(16-11-25-9-3-8-23-20(25)24-16)14-7-6-12-4-1-2-5-13(12)18(14)26-19(15)22/h1-9,11,17H,22H2. The lowest BCUT2D eigenvalue weighted by Crippen LogP contribution is -2.21. The Kier molecular flexibility index (Phi) is 2.97. The second-order valence-electron chi connectivity index (χ2n) is 6.12. The highest BCUT2D eigenvalue weighted by atomic mass is 16.5. The van der Waals surface area contributed by atoms with Crippen LogP contribution in [0.1, 0.15) is 17.2 Å². The van der Waals surface area contributed by atoms with Crippen molar-refractivity contribution in [3.63, 3.8) is 0 Å². The minimum Gasteiger partial charge on any atom is -0.440 e. The van der Waals surface area contributed by atoms with Gasteiger partial charge in [0, 0.05) is 29.5 Å². The van der Waals surface area contributed by atoms with E-state index in [1.54, 1.807) is 6.20 Å². The van der Waals surface area contributed by atoms with Crippen LogP contribution in [0.15, 0.2) is 72.5 Å². The lowest BCUT2D eigenvalue weighted by atomic mass is 9.85. The Morgan fingerprint density at radius 3 is 2.88 bits per heavy atom. The number of nitrogens with two attached hydrogens (primary N) is 1. The molecule has 0 bridgehead atoms. The summed E-state index contributed by atoms with van der Waals surface area (Å²) in [7, 11) is 0. The Balaban J connectivity index is 1.81. The number of fused-ring (bicyclic) bond motifs is 4. The molecule has 26 heavy (non-hydrogen) atoms. The number of hydrogen-bond donors (Lipinski definition) is 1. The van der Waals surface area contributed by atoms with Crippen LogP contribution in [0.3, 0.4) is 0 Å². The Morgan fingerprint density at radius 1 is 1.15 bits per heavy atom. The summed E-state index contributed by atoms with van der Waals surface area (Å²) >= 11 is 0. The van der Waals surface area contributed by atoms with Gasteiger partial charge in [-0.1, -0.05) is 36.4 Å². The topological polar surface area (TPSA) is 89.2 Å². The van der Waals surface area contributed by atoms with Crippen LogP contribution in [-0.2, 0) is 0 Å². The highest BCUT2D eigenvalue weighted by molar-refractivity contribution is 5.90. The summed E-state index contributed by atoms with van der Waals surface area (Å²) < 4.78 is 7.69. The summed E-state index contributed by atoms with van der Waals surface area (Å²) in [6.07, 6.45) is 5.44. The Bertz CT molecular complexity index is 1220. The van der Waals surface area contributed by atoms with Crippen molar-refractivity contribution in [2.24, 2.45) is 5.73 Å². The first-order chi connectivity index (χ1) is 12.8. The van der Waals surface area contributed by atoms with Crippen molar-refractivity contribution < 1.29 is 4.74 Å². The number of nitrogens with zero attached hydrogens (tertiary/aromatic N) is 4. The number of allylic oxidation sites excluding steroid dienone is 1. The van der Waals surface area contributed by atoms with E-state index in [-0.39, 0.29) is 5.88 Å². The lowest BCUT2D eigenvalue weighted by Gasteiger charge is -2.26. The predicted octanol–water partition coefficient (Wildman–Crippen LogP) is 3.10. The van der Waals surface area contributed by atoms with Crippen LogP contribution in [0.5, 0.6) is 5.75 Å². The summed E-state index contributed by atoms with van der Waals surface area (Å²) in [5.41, 5.74) is 8.04. The van der Waals surface area contributed by atoms with Crippen molar-refractivity contribution in [2.75, 3.05) is 0 Å². The second kappa shape index (κ2) is 5.33. The van der Waals surface area contributed by atoms with E-state index in [0.717, 1.165) is 16.3 Å². The number of nitriles is 1. The summed E-state index contributed by atoms with van der Waals surface area (Å²) in [6, 6.07) is 16.0. The van der Waals surface area contributed by atoms with Gasteiger partial charge >= 0.3 is 0 Å². The molecule has 5 rings (SSSR count). The molecule has 6 heteroatoms. The van der Waals surface area contributed by atoms with Gasteiger partial charge in [0.05, 0.1) is 11.6 Å². The van der Waals surface area contributed by atoms with Crippen LogP contribution in [0.25, 0.3) is 16.6 Å². The van der Waals surface area contributed by atoms with Crippen LogP contribution in [-0.4, -0.2) is 14.4 Å². The molecule has 0 aliphatic carbocycles. The highest BCUT2D eigenvalue weighted by Gasteiger charge is 2.33. The van der Waals surface area contributed by atoms with E-state index in [0.29, 0.717) is 22.8 Å². The largest absolute Gasteiger partial charge is 0.440 e. The van der Waals surface area contributed by atoms with E-state index < -0.39 is 5.92 Å². The van der Waals surface area contributed by atoms with Crippen molar-refractivity contribution in [1.82, 2.24) is 14.4 Å². The normalized spacial score (nSPS) is 16.3. The van der Waals surface area contributed by atoms with E-state index >= 15 is 0 Å². The fourth-order valence-electron chi connectivity index (χ4n) is 3.48. The fraction of sp³-hybridized carbons (Fsp3) is 0.0500. The van der Waals surface area contributed by atoms with Gasteiger partial charge in [0.25, 0.3) is 0 Å². The molecular formula is C20H13N5O. The van der Waals surface area contributed by atoms with Gasteiger partial charge in [-0.25, -0.2) is 9.97 Å². The van der Waals surface area contributed by atoms with Crippen LogP contribution < -0.4 is 10.5 Å². The zero-order valence-corrected chi connectivity index (χ0v) is 13.6. The molecule has 2 aromatic heterocycles. The average molecular weight is 339 g/mol. The smallest absolute Gasteiger partial charge is 0.233 e.